The number of rotatable bonds is 4. The van der Waals surface area contributed by atoms with Crippen LogP contribution in [0.15, 0.2) is 34.5 Å². The molecule has 1 aromatic heterocycles. The number of carbonyl (C=O) groups is 1. The van der Waals surface area contributed by atoms with E-state index in [0.717, 1.165) is 11.5 Å². The van der Waals surface area contributed by atoms with Crippen LogP contribution in [0.1, 0.15) is 10.4 Å². The average molecular weight is 297 g/mol. The first-order valence-corrected chi connectivity index (χ1v) is 7.56. The molecule has 100 valence electrons. The molecule has 0 spiro atoms. The van der Waals surface area contributed by atoms with Crippen LogP contribution in [0.2, 0.25) is 0 Å². The standard InChI is InChI=1S/C11H11N3O3S2/c1-13-19(16,17)8-4-2-7(3-5-8)10-9(11(12)15)6-18-14-10/h2-6,13H,1H3,(H2,12,15). The number of hydrogen-bond donors (Lipinski definition) is 2. The SMILES string of the molecule is CNS(=O)(=O)c1ccc(-c2nscc2C(N)=O)cc1. The molecule has 2 rings (SSSR count). The van der Waals surface area contributed by atoms with Crippen molar-refractivity contribution in [3.63, 3.8) is 0 Å². The lowest BCUT2D eigenvalue weighted by Gasteiger charge is -2.04. The van der Waals surface area contributed by atoms with Gasteiger partial charge in [0.25, 0.3) is 5.91 Å². The van der Waals surface area contributed by atoms with Gasteiger partial charge in [0.2, 0.25) is 10.0 Å². The molecular formula is C11H11N3O3S2. The highest BCUT2D eigenvalue weighted by atomic mass is 32.2. The van der Waals surface area contributed by atoms with Crippen LogP contribution >= 0.6 is 11.5 Å². The van der Waals surface area contributed by atoms with Crippen LogP contribution in [0.5, 0.6) is 0 Å². The Morgan fingerprint density at radius 3 is 2.47 bits per heavy atom. The van der Waals surface area contributed by atoms with E-state index in [1.165, 1.54) is 19.2 Å². The lowest BCUT2D eigenvalue weighted by Crippen LogP contribution is -2.18. The molecule has 0 saturated carbocycles. The van der Waals surface area contributed by atoms with Gasteiger partial charge >= 0.3 is 0 Å². The van der Waals surface area contributed by atoms with E-state index in [1.807, 2.05) is 0 Å². The third kappa shape index (κ3) is 2.65. The summed E-state index contributed by atoms with van der Waals surface area (Å²) in [6, 6.07) is 6.08. The second-order valence-corrected chi connectivity index (χ2v) is 6.19. The third-order valence-corrected chi connectivity index (χ3v) is 4.60. The second kappa shape index (κ2) is 5.08. The summed E-state index contributed by atoms with van der Waals surface area (Å²) in [6.45, 7) is 0. The summed E-state index contributed by atoms with van der Waals surface area (Å²) in [5.41, 5.74) is 6.67. The van der Waals surface area contributed by atoms with Gasteiger partial charge in [0.05, 0.1) is 16.2 Å². The van der Waals surface area contributed by atoms with Crippen LogP contribution in [0.4, 0.5) is 0 Å². The molecule has 0 aliphatic heterocycles. The Hall–Kier alpha value is -1.77. The van der Waals surface area contributed by atoms with Crippen LogP contribution in [-0.2, 0) is 10.0 Å². The van der Waals surface area contributed by atoms with Gasteiger partial charge in [0.1, 0.15) is 0 Å². The molecule has 0 fully saturated rings. The molecule has 0 unspecified atom stereocenters. The van der Waals surface area contributed by atoms with E-state index in [1.54, 1.807) is 17.5 Å². The van der Waals surface area contributed by atoms with E-state index in [4.69, 9.17) is 5.73 Å². The van der Waals surface area contributed by atoms with Crippen LogP contribution in [0.25, 0.3) is 11.3 Å². The Kier molecular flexibility index (Phi) is 3.65. The van der Waals surface area contributed by atoms with Crippen molar-refractivity contribution in [2.75, 3.05) is 7.05 Å². The summed E-state index contributed by atoms with van der Waals surface area (Å²) in [5.74, 6) is -0.560. The zero-order valence-corrected chi connectivity index (χ0v) is 11.6. The highest BCUT2D eigenvalue weighted by Gasteiger charge is 2.15. The molecule has 0 atom stereocenters. The predicted molar refractivity (Wildman–Crippen MR) is 72.3 cm³/mol. The Labute approximate surface area is 114 Å². The first kappa shape index (κ1) is 13.7. The zero-order chi connectivity index (χ0) is 14.0. The fraction of sp³-hybridized carbons (Fsp3) is 0.0909. The lowest BCUT2D eigenvalue weighted by molar-refractivity contribution is 0.100. The van der Waals surface area contributed by atoms with E-state index in [-0.39, 0.29) is 4.90 Å². The number of nitrogens with zero attached hydrogens (tertiary/aromatic N) is 1. The molecule has 0 aliphatic carbocycles. The number of nitrogens with one attached hydrogen (secondary N) is 1. The minimum atomic E-state index is -3.47. The maximum Gasteiger partial charge on any atom is 0.251 e. The van der Waals surface area contributed by atoms with Gasteiger partial charge in [0, 0.05) is 10.9 Å². The summed E-state index contributed by atoms with van der Waals surface area (Å²) < 4.78 is 29.5. The summed E-state index contributed by atoms with van der Waals surface area (Å²) in [6.07, 6.45) is 0. The van der Waals surface area contributed by atoms with Gasteiger partial charge in [-0.2, -0.15) is 4.37 Å². The molecule has 0 saturated heterocycles. The van der Waals surface area contributed by atoms with Crippen LogP contribution < -0.4 is 10.5 Å². The van der Waals surface area contributed by atoms with Gasteiger partial charge in [-0.15, -0.1) is 0 Å². The number of benzene rings is 1. The first-order chi connectivity index (χ1) is 8.95. The number of primary amides is 1. The summed E-state index contributed by atoms with van der Waals surface area (Å²) in [4.78, 5) is 11.4. The molecule has 1 aromatic carbocycles. The highest BCUT2D eigenvalue weighted by Crippen LogP contribution is 2.24. The van der Waals surface area contributed by atoms with E-state index in [0.29, 0.717) is 16.8 Å². The smallest absolute Gasteiger partial charge is 0.251 e. The maximum atomic E-state index is 11.6. The van der Waals surface area contributed by atoms with E-state index in [2.05, 4.69) is 9.10 Å². The van der Waals surface area contributed by atoms with Crippen molar-refractivity contribution >= 4 is 27.5 Å². The van der Waals surface area contributed by atoms with Gasteiger partial charge in [-0.25, -0.2) is 13.1 Å². The fourth-order valence-electron chi connectivity index (χ4n) is 1.53. The highest BCUT2D eigenvalue weighted by molar-refractivity contribution is 7.89. The molecule has 1 amide bonds. The zero-order valence-electron chi connectivity index (χ0n) is 9.95. The monoisotopic (exact) mass is 297 g/mol. The summed E-state index contributed by atoms with van der Waals surface area (Å²) >= 11 is 1.12. The Bertz CT molecular complexity index is 705. The van der Waals surface area contributed by atoms with Crippen molar-refractivity contribution < 1.29 is 13.2 Å². The van der Waals surface area contributed by atoms with E-state index < -0.39 is 15.9 Å². The number of amides is 1. The van der Waals surface area contributed by atoms with Gasteiger partial charge < -0.3 is 5.73 Å². The van der Waals surface area contributed by atoms with Gasteiger partial charge in [-0.3, -0.25) is 4.79 Å². The van der Waals surface area contributed by atoms with Crippen molar-refractivity contribution in [1.82, 2.24) is 9.10 Å². The summed E-state index contributed by atoms with van der Waals surface area (Å²) in [7, 11) is -2.13. The molecule has 0 bridgehead atoms. The number of hydrogen-bond acceptors (Lipinski definition) is 5. The molecule has 1 heterocycles. The molecule has 8 heteroatoms. The molecule has 3 N–H and O–H groups in total. The molecular weight excluding hydrogens is 286 g/mol. The molecule has 6 nitrogen and oxygen atoms in total. The Morgan fingerprint density at radius 2 is 1.95 bits per heavy atom. The van der Waals surface area contributed by atoms with Crippen molar-refractivity contribution in [1.29, 1.82) is 0 Å². The van der Waals surface area contributed by atoms with E-state index in [9.17, 15) is 13.2 Å². The normalized spacial score (nSPS) is 11.4. The average Bonchev–Trinajstić information content (AvgIpc) is 2.88. The third-order valence-electron chi connectivity index (χ3n) is 2.54. The van der Waals surface area contributed by atoms with Gasteiger partial charge in [-0.05, 0) is 30.7 Å². The van der Waals surface area contributed by atoms with Crippen molar-refractivity contribution in [2.24, 2.45) is 5.73 Å². The topological polar surface area (TPSA) is 102 Å². The first-order valence-electron chi connectivity index (χ1n) is 5.24. The minimum absolute atomic E-state index is 0.148. The van der Waals surface area contributed by atoms with Crippen LogP contribution in [-0.4, -0.2) is 25.7 Å². The summed E-state index contributed by atoms with van der Waals surface area (Å²) in [5, 5.41) is 1.57. The van der Waals surface area contributed by atoms with E-state index >= 15 is 0 Å². The number of aromatic nitrogens is 1. The molecule has 0 radical (unpaired) electrons. The second-order valence-electron chi connectivity index (χ2n) is 3.67. The van der Waals surface area contributed by atoms with Crippen molar-refractivity contribution in [2.45, 2.75) is 4.90 Å². The predicted octanol–water partition coefficient (Wildman–Crippen LogP) is 0.817. The van der Waals surface area contributed by atoms with Gasteiger partial charge in [-0.1, -0.05) is 12.1 Å². The van der Waals surface area contributed by atoms with Crippen molar-refractivity contribution in [3.05, 3.63) is 35.2 Å². The maximum absolute atomic E-state index is 11.6. The number of carbonyl (C=O) groups excluding carboxylic acids is 1. The molecule has 2 aromatic rings. The Balaban J connectivity index is 2.44. The Morgan fingerprint density at radius 1 is 1.32 bits per heavy atom. The number of sulfonamides is 1. The molecule has 0 aliphatic rings. The largest absolute Gasteiger partial charge is 0.366 e. The molecule has 19 heavy (non-hydrogen) atoms. The number of nitrogens with two attached hydrogens (primary N) is 1. The fourth-order valence-corrected chi connectivity index (χ4v) is 2.95. The minimum Gasteiger partial charge on any atom is -0.366 e. The van der Waals surface area contributed by atoms with Gasteiger partial charge in [0.15, 0.2) is 0 Å². The van der Waals surface area contributed by atoms with Crippen molar-refractivity contribution in [3.8, 4) is 11.3 Å². The van der Waals surface area contributed by atoms with Crippen LogP contribution in [0.3, 0.4) is 0 Å². The van der Waals surface area contributed by atoms with Crippen LogP contribution in [0, 0.1) is 0 Å². The quantitative estimate of drug-likeness (QED) is 0.872. The lowest BCUT2D eigenvalue weighted by atomic mass is 10.1.